The first kappa shape index (κ1) is 13.7. The molecule has 2 atom stereocenters. The predicted molar refractivity (Wildman–Crippen MR) is 77.6 cm³/mol. The molecule has 1 aliphatic carbocycles. The summed E-state index contributed by atoms with van der Waals surface area (Å²) < 4.78 is 0. The molecule has 2 rings (SSSR count). The Morgan fingerprint density at radius 3 is 2.74 bits per heavy atom. The van der Waals surface area contributed by atoms with Crippen LogP contribution in [-0.2, 0) is 0 Å². The van der Waals surface area contributed by atoms with Crippen molar-refractivity contribution in [3.05, 3.63) is 23.8 Å². The van der Waals surface area contributed by atoms with E-state index in [1.54, 1.807) is 12.1 Å². The molecule has 4 heteroatoms. The van der Waals surface area contributed by atoms with E-state index in [2.05, 4.69) is 18.9 Å². The second-order valence-electron chi connectivity index (χ2n) is 5.61. The maximum atomic E-state index is 11.0. The number of hydrogen-bond acceptors (Lipinski definition) is 3. The van der Waals surface area contributed by atoms with Crippen LogP contribution < -0.4 is 10.6 Å². The molecule has 1 fully saturated rings. The van der Waals surface area contributed by atoms with Gasteiger partial charge in [0.2, 0.25) is 0 Å². The number of benzene rings is 1. The van der Waals surface area contributed by atoms with Gasteiger partial charge in [-0.05, 0) is 37.0 Å². The molecule has 0 spiro atoms. The number of hydrogen-bond donors (Lipinski definition) is 2. The zero-order valence-corrected chi connectivity index (χ0v) is 11.6. The third-order valence-electron chi connectivity index (χ3n) is 4.13. The zero-order valence-electron chi connectivity index (χ0n) is 11.6. The van der Waals surface area contributed by atoms with Crippen LogP contribution in [0.3, 0.4) is 0 Å². The van der Waals surface area contributed by atoms with Crippen LogP contribution >= 0.6 is 0 Å². The highest BCUT2D eigenvalue weighted by Gasteiger charge is 2.23. The maximum absolute atomic E-state index is 11.0. The highest BCUT2D eigenvalue weighted by atomic mass is 16.4. The lowest BCUT2D eigenvalue weighted by molar-refractivity contribution is 0.0698. The van der Waals surface area contributed by atoms with Crippen molar-refractivity contribution in [1.29, 1.82) is 0 Å². The normalized spacial score (nSPS) is 23.1. The van der Waals surface area contributed by atoms with E-state index in [4.69, 9.17) is 10.8 Å². The highest BCUT2D eigenvalue weighted by Crippen LogP contribution is 2.30. The van der Waals surface area contributed by atoms with Crippen molar-refractivity contribution < 1.29 is 9.90 Å². The van der Waals surface area contributed by atoms with Crippen LogP contribution in [0.4, 0.5) is 11.4 Å². The largest absolute Gasteiger partial charge is 0.478 e. The first-order chi connectivity index (χ1) is 8.99. The molecule has 0 radical (unpaired) electrons. The van der Waals surface area contributed by atoms with Gasteiger partial charge in [0.25, 0.3) is 0 Å². The molecule has 0 aromatic heterocycles. The summed E-state index contributed by atoms with van der Waals surface area (Å²) in [7, 11) is 2.07. The van der Waals surface area contributed by atoms with Crippen molar-refractivity contribution in [2.75, 3.05) is 17.7 Å². The van der Waals surface area contributed by atoms with Gasteiger partial charge in [-0.1, -0.05) is 19.8 Å². The van der Waals surface area contributed by atoms with Crippen LogP contribution in [0.1, 0.15) is 43.0 Å². The summed E-state index contributed by atoms with van der Waals surface area (Å²) >= 11 is 0. The van der Waals surface area contributed by atoms with E-state index >= 15 is 0 Å². The van der Waals surface area contributed by atoms with Gasteiger partial charge in [-0.3, -0.25) is 0 Å². The van der Waals surface area contributed by atoms with E-state index in [0.29, 0.717) is 11.7 Å². The second kappa shape index (κ2) is 5.51. The zero-order chi connectivity index (χ0) is 14.0. The lowest BCUT2D eigenvalue weighted by Crippen LogP contribution is -2.35. The Morgan fingerprint density at radius 1 is 1.42 bits per heavy atom. The minimum absolute atomic E-state index is 0.175. The Hall–Kier alpha value is -1.71. The quantitative estimate of drug-likeness (QED) is 0.822. The molecule has 1 aromatic rings. The van der Waals surface area contributed by atoms with Crippen LogP contribution in [0.5, 0.6) is 0 Å². The lowest BCUT2D eigenvalue weighted by Gasteiger charge is -2.35. The number of nitrogens with two attached hydrogens (primary N) is 1. The summed E-state index contributed by atoms with van der Waals surface area (Å²) in [4.78, 5) is 13.2. The van der Waals surface area contributed by atoms with Gasteiger partial charge in [0, 0.05) is 24.5 Å². The van der Waals surface area contributed by atoms with E-state index < -0.39 is 5.97 Å². The van der Waals surface area contributed by atoms with Crippen LogP contribution in [0, 0.1) is 5.92 Å². The fourth-order valence-electron chi connectivity index (χ4n) is 2.93. The molecule has 2 unspecified atom stereocenters. The topological polar surface area (TPSA) is 66.6 Å². The molecule has 1 aromatic carbocycles. The third-order valence-corrected chi connectivity index (χ3v) is 4.13. The molecular weight excluding hydrogens is 240 g/mol. The van der Waals surface area contributed by atoms with Crippen LogP contribution in [-0.4, -0.2) is 24.2 Å². The molecule has 19 heavy (non-hydrogen) atoms. The standard InChI is InChI=1S/C15H22N2O2/c1-10-4-3-5-11(8-10)17(2)12-6-7-13(15(18)19)14(16)9-12/h6-7,9-11H,3-5,8,16H2,1-2H3,(H,18,19). The number of anilines is 2. The number of aromatic carboxylic acids is 1. The van der Waals surface area contributed by atoms with E-state index in [9.17, 15) is 4.79 Å². The summed E-state index contributed by atoms with van der Waals surface area (Å²) in [6, 6.07) is 5.73. The summed E-state index contributed by atoms with van der Waals surface area (Å²) in [5.41, 5.74) is 7.32. The average molecular weight is 262 g/mol. The summed E-state index contributed by atoms with van der Waals surface area (Å²) in [6.07, 6.45) is 4.96. The molecule has 1 saturated carbocycles. The minimum Gasteiger partial charge on any atom is -0.478 e. The van der Waals surface area contributed by atoms with E-state index in [1.807, 2.05) is 6.07 Å². The van der Waals surface area contributed by atoms with Gasteiger partial charge < -0.3 is 15.7 Å². The van der Waals surface area contributed by atoms with Gasteiger partial charge in [-0.25, -0.2) is 4.79 Å². The van der Waals surface area contributed by atoms with E-state index in [-0.39, 0.29) is 5.56 Å². The molecule has 1 aliphatic rings. The van der Waals surface area contributed by atoms with Gasteiger partial charge in [0.1, 0.15) is 0 Å². The number of nitrogen functional groups attached to an aromatic ring is 1. The summed E-state index contributed by atoms with van der Waals surface area (Å²) in [5, 5.41) is 8.98. The predicted octanol–water partition coefficient (Wildman–Crippen LogP) is 2.98. The van der Waals surface area contributed by atoms with Crippen molar-refractivity contribution in [1.82, 2.24) is 0 Å². The fraction of sp³-hybridized carbons (Fsp3) is 0.533. The Morgan fingerprint density at radius 2 is 2.16 bits per heavy atom. The number of rotatable bonds is 3. The molecule has 0 aliphatic heterocycles. The van der Waals surface area contributed by atoms with Crippen LogP contribution in [0.25, 0.3) is 0 Å². The number of carboxylic acid groups (broad SMARTS) is 1. The average Bonchev–Trinajstić information content (AvgIpc) is 2.37. The molecule has 0 saturated heterocycles. The van der Waals surface area contributed by atoms with Crippen molar-refractivity contribution in [3.8, 4) is 0 Å². The third kappa shape index (κ3) is 3.00. The first-order valence-corrected chi connectivity index (χ1v) is 6.84. The maximum Gasteiger partial charge on any atom is 0.337 e. The van der Waals surface area contributed by atoms with Gasteiger partial charge in [-0.15, -0.1) is 0 Å². The van der Waals surface area contributed by atoms with Crippen LogP contribution in [0.15, 0.2) is 18.2 Å². The van der Waals surface area contributed by atoms with Crippen molar-refractivity contribution >= 4 is 17.3 Å². The van der Waals surface area contributed by atoms with Crippen molar-refractivity contribution in [3.63, 3.8) is 0 Å². The molecule has 0 heterocycles. The number of carbonyl (C=O) groups is 1. The molecule has 4 nitrogen and oxygen atoms in total. The lowest BCUT2D eigenvalue weighted by atomic mass is 9.86. The van der Waals surface area contributed by atoms with E-state index in [1.165, 1.54) is 25.7 Å². The molecule has 3 N–H and O–H groups in total. The summed E-state index contributed by atoms with van der Waals surface area (Å²) in [6.45, 7) is 2.29. The van der Waals surface area contributed by atoms with Gasteiger partial charge in [0.05, 0.1) is 5.56 Å². The van der Waals surface area contributed by atoms with Gasteiger partial charge in [0.15, 0.2) is 0 Å². The summed E-state index contributed by atoms with van der Waals surface area (Å²) in [5.74, 6) is -0.213. The molecular formula is C15H22N2O2. The van der Waals surface area contributed by atoms with Crippen molar-refractivity contribution in [2.24, 2.45) is 5.92 Å². The number of carboxylic acids is 1. The van der Waals surface area contributed by atoms with E-state index in [0.717, 1.165) is 11.6 Å². The molecule has 104 valence electrons. The highest BCUT2D eigenvalue weighted by molar-refractivity contribution is 5.94. The van der Waals surface area contributed by atoms with Gasteiger partial charge >= 0.3 is 5.97 Å². The monoisotopic (exact) mass is 262 g/mol. The Labute approximate surface area is 114 Å². The smallest absolute Gasteiger partial charge is 0.337 e. The Bertz CT molecular complexity index is 473. The Kier molecular flexibility index (Phi) is 3.98. The van der Waals surface area contributed by atoms with Crippen molar-refractivity contribution in [2.45, 2.75) is 38.6 Å². The molecule has 0 amide bonds. The van der Waals surface area contributed by atoms with Gasteiger partial charge in [-0.2, -0.15) is 0 Å². The number of nitrogens with zero attached hydrogens (tertiary/aromatic N) is 1. The molecule has 0 bridgehead atoms. The minimum atomic E-state index is -0.974. The SMILES string of the molecule is CC1CCCC(N(C)c2ccc(C(=O)O)c(N)c2)C1. The first-order valence-electron chi connectivity index (χ1n) is 6.84. The van der Waals surface area contributed by atoms with Crippen LogP contribution in [0.2, 0.25) is 0 Å². The second-order valence-corrected chi connectivity index (χ2v) is 5.61. The fourth-order valence-corrected chi connectivity index (χ4v) is 2.93. The Balaban J connectivity index is 2.17.